The Labute approximate surface area is 188 Å². The van der Waals surface area contributed by atoms with Crippen molar-refractivity contribution < 1.29 is 19.1 Å². The van der Waals surface area contributed by atoms with Gasteiger partial charge in [-0.25, -0.2) is 10.2 Å². The van der Waals surface area contributed by atoms with E-state index in [4.69, 9.17) is 9.47 Å². The Bertz CT molecular complexity index is 1100. The van der Waals surface area contributed by atoms with Crippen LogP contribution in [0.3, 0.4) is 0 Å². The number of hydrogen-bond acceptors (Lipinski definition) is 5. The number of amides is 1. The molecule has 0 saturated heterocycles. The van der Waals surface area contributed by atoms with E-state index in [1.165, 1.54) is 6.21 Å². The van der Waals surface area contributed by atoms with Gasteiger partial charge in [0.2, 0.25) is 0 Å². The van der Waals surface area contributed by atoms with Crippen LogP contribution in [0.4, 0.5) is 0 Å². The second-order valence-corrected chi connectivity index (χ2v) is 7.18. The zero-order valence-corrected chi connectivity index (χ0v) is 18.0. The fourth-order valence-electron chi connectivity index (χ4n) is 2.53. The molecule has 6 nitrogen and oxygen atoms in total. The lowest BCUT2D eigenvalue weighted by atomic mass is 10.2. The predicted molar refractivity (Wildman–Crippen MR) is 123 cm³/mol. The SMILES string of the molecule is C=CCOc1ccc(C(=O)NN=Cc2cc(Br)ccc2OC(=O)c2ccccc2)cc1. The van der Waals surface area contributed by atoms with E-state index in [1.807, 2.05) is 6.07 Å². The number of carbonyl (C=O) groups excluding carboxylic acids is 2. The van der Waals surface area contributed by atoms with E-state index in [-0.39, 0.29) is 5.91 Å². The normalized spacial score (nSPS) is 10.5. The van der Waals surface area contributed by atoms with Crippen molar-refractivity contribution in [3.63, 3.8) is 0 Å². The lowest BCUT2D eigenvalue weighted by molar-refractivity contribution is 0.0734. The summed E-state index contributed by atoms with van der Waals surface area (Å²) in [5, 5.41) is 3.99. The van der Waals surface area contributed by atoms with E-state index in [1.54, 1.807) is 72.8 Å². The van der Waals surface area contributed by atoms with Crippen LogP contribution in [0.2, 0.25) is 0 Å². The number of ether oxygens (including phenoxy) is 2. The smallest absolute Gasteiger partial charge is 0.343 e. The topological polar surface area (TPSA) is 77.0 Å². The lowest BCUT2D eigenvalue weighted by Gasteiger charge is -2.08. The number of benzene rings is 3. The molecule has 3 aromatic rings. The molecule has 0 bridgehead atoms. The van der Waals surface area contributed by atoms with E-state index < -0.39 is 5.97 Å². The molecule has 1 N–H and O–H groups in total. The van der Waals surface area contributed by atoms with Crippen molar-refractivity contribution in [1.82, 2.24) is 5.43 Å². The minimum absolute atomic E-state index is 0.318. The van der Waals surface area contributed by atoms with E-state index in [2.05, 4.69) is 33.0 Å². The van der Waals surface area contributed by atoms with Crippen LogP contribution >= 0.6 is 15.9 Å². The summed E-state index contributed by atoms with van der Waals surface area (Å²) in [4.78, 5) is 24.6. The van der Waals surface area contributed by atoms with Gasteiger partial charge in [0.1, 0.15) is 18.1 Å². The van der Waals surface area contributed by atoms with Crippen molar-refractivity contribution in [3.8, 4) is 11.5 Å². The lowest BCUT2D eigenvalue weighted by Crippen LogP contribution is -2.17. The Balaban J connectivity index is 1.67. The third kappa shape index (κ3) is 6.38. The Morgan fingerprint density at radius 3 is 2.45 bits per heavy atom. The van der Waals surface area contributed by atoms with Crippen LogP contribution in [-0.4, -0.2) is 24.7 Å². The van der Waals surface area contributed by atoms with Gasteiger partial charge in [0, 0.05) is 15.6 Å². The van der Waals surface area contributed by atoms with Gasteiger partial charge in [-0.2, -0.15) is 5.10 Å². The number of nitrogens with one attached hydrogen (secondary N) is 1. The average molecular weight is 479 g/mol. The maximum absolute atomic E-state index is 12.3. The van der Waals surface area contributed by atoms with Gasteiger partial charge in [-0.15, -0.1) is 0 Å². The number of nitrogens with zero attached hydrogens (tertiary/aromatic N) is 1. The molecule has 3 rings (SSSR count). The van der Waals surface area contributed by atoms with Crippen LogP contribution in [0.15, 0.2) is 95.0 Å². The van der Waals surface area contributed by atoms with Gasteiger partial charge in [0.25, 0.3) is 5.91 Å². The fraction of sp³-hybridized carbons (Fsp3) is 0.0417. The highest BCUT2D eigenvalue weighted by Crippen LogP contribution is 2.23. The summed E-state index contributed by atoms with van der Waals surface area (Å²) in [5.74, 6) is 0.0856. The molecule has 31 heavy (non-hydrogen) atoms. The van der Waals surface area contributed by atoms with E-state index >= 15 is 0 Å². The number of hydrazone groups is 1. The first-order valence-corrected chi connectivity index (χ1v) is 10.1. The molecule has 156 valence electrons. The molecule has 0 heterocycles. The standard InChI is InChI=1S/C24H19BrN2O4/c1-2-14-30-21-11-8-17(9-12-21)23(28)27-26-16-19-15-20(25)10-13-22(19)31-24(29)18-6-4-3-5-7-18/h2-13,15-16H,1,14H2,(H,27,28). The third-order valence-corrected chi connectivity index (χ3v) is 4.53. The van der Waals surface area contributed by atoms with E-state index in [0.717, 1.165) is 4.47 Å². The van der Waals surface area contributed by atoms with Gasteiger partial charge in [-0.05, 0) is 54.6 Å². The molecule has 0 unspecified atom stereocenters. The number of halogens is 1. The van der Waals surface area contributed by atoms with Crippen LogP contribution in [0.25, 0.3) is 0 Å². The molecule has 0 saturated carbocycles. The molecule has 0 aliphatic heterocycles. The van der Waals surface area contributed by atoms with Crippen LogP contribution in [0.5, 0.6) is 11.5 Å². The Morgan fingerprint density at radius 1 is 1.00 bits per heavy atom. The van der Waals surface area contributed by atoms with Crippen molar-refractivity contribution in [2.45, 2.75) is 0 Å². The number of esters is 1. The number of rotatable bonds is 8. The minimum Gasteiger partial charge on any atom is -0.490 e. The summed E-state index contributed by atoms with van der Waals surface area (Å²) in [7, 11) is 0. The molecule has 0 fully saturated rings. The summed E-state index contributed by atoms with van der Waals surface area (Å²) in [6.07, 6.45) is 3.06. The summed E-state index contributed by atoms with van der Waals surface area (Å²) >= 11 is 3.38. The van der Waals surface area contributed by atoms with Crippen LogP contribution in [-0.2, 0) is 0 Å². The quantitative estimate of drug-likeness (QED) is 0.162. The molecule has 0 spiro atoms. The van der Waals surface area contributed by atoms with Crippen molar-refractivity contribution in [2.24, 2.45) is 5.10 Å². The minimum atomic E-state index is -0.486. The first kappa shape index (κ1) is 22.0. The van der Waals surface area contributed by atoms with Gasteiger partial charge >= 0.3 is 5.97 Å². The Hall–Kier alpha value is -3.71. The van der Waals surface area contributed by atoms with Crippen LogP contribution < -0.4 is 14.9 Å². The molecule has 3 aromatic carbocycles. The summed E-state index contributed by atoms with van der Waals surface area (Å²) in [5.41, 5.74) is 3.84. The Morgan fingerprint density at radius 2 is 1.74 bits per heavy atom. The fourth-order valence-corrected chi connectivity index (χ4v) is 2.91. The highest BCUT2D eigenvalue weighted by atomic mass is 79.9. The summed E-state index contributed by atoms with van der Waals surface area (Å²) in [6, 6.07) is 20.5. The zero-order valence-electron chi connectivity index (χ0n) is 16.5. The maximum Gasteiger partial charge on any atom is 0.343 e. The summed E-state index contributed by atoms with van der Waals surface area (Å²) < 4.78 is 11.7. The van der Waals surface area contributed by atoms with Gasteiger partial charge in [0.15, 0.2) is 0 Å². The molecule has 0 aliphatic carbocycles. The number of hydrogen-bond donors (Lipinski definition) is 1. The average Bonchev–Trinajstić information content (AvgIpc) is 2.80. The van der Waals surface area contributed by atoms with Gasteiger partial charge in [-0.3, -0.25) is 4.79 Å². The van der Waals surface area contributed by atoms with E-state index in [9.17, 15) is 9.59 Å². The highest BCUT2D eigenvalue weighted by Gasteiger charge is 2.11. The molecule has 0 aliphatic rings. The van der Waals surface area contributed by atoms with Crippen molar-refractivity contribution >= 4 is 34.0 Å². The molecular weight excluding hydrogens is 460 g/mol. The van der Waals surface area contributed by atoms with Crippen molar-refractivity contribution in [2.75, 3.05) is 6.61 Å². The predicted octanol–water partition coefficient (Wildman–Crippen LogP) is 5.00. The molecule has 0 aromatic heterocycles. The monoisotopic (exact) mass is 478 g/mol. The largest absolute Gasteiger partial charge is 0.490 e. The van der Waals surface area contributed by atoms with Gasteiger partial charge < -0.3 is 9.47 Å². The second-order valence-electron chi connectivity index (χ2n) is 6.26. The first-order chi connectivity index (χ1) is 15.1. The van der Waals surface area contributed by atoms with Crippen molar-refractivity contribution in [1.29, 1.82) is 0 Å². The molecule has 7 heteroatoms. The third-order valence-electron chi connectivity index (χ3n) is 4.04. The van der Waals surface area contributed by atoms with Crippen LogP contribution in [0, 0.1) is 0 Å². The highest BCUT2D eigenvalue weighted by molar-refractivity contribution is 9.10. The van der Waals surface area contributed by atoms with Gasteiger partial charge in [-0.1, -0.05) is 46.8 Å². The zero-order chi connectivity index (χ0) is 22.1. The number of carbonyl (C=O) groups is 2. The van der Waals surface area contributed by atoms with Gasteiger partial charge in [0.05, 0.1) is 11.8 Å². The Kier molecular flexibility index (Phi) is 7.73. The summed E-state index contributed by atoms with van der Waals surface area (Å²) in [6.45, 7) is 3.98. The van der Waals surface area contributed by atoms with Crippen LogP contribution in [0.1, 0.15) is 26.3 Å². The molecule has 1 amide bonds. The van der Waals surface area contributed by atoms with Crippen molar-refractivity contribution in [3.05, 3.63) is 107 Å². The molecule has 0 radical (unpaired) electrons. The first-order valence-electron chi connectivity index (χ1n) is 9.31. The molecule has 0 atom stereocenters. The molecular formula is C24H19BrN2O4. The second kappa shape index (κ2) is 10.9. The van der Waals surface area contributed by atoms with E-state index in [0.29, 0.717) is 34.8 Å². The maximum atomic E-state index is 12.3.